The Hall–Kier alpha value is -2.21. The predicted molar refractivity (Wildman–Crippen MR) is 111 cm³/mol. The molecule has 0 saturated heterocycles. The van der Waals surface area contributed by atoms with Crippen molar-refractivity contribution >= 4 is 22.8 Å². The molecule has 0 spiro atoms. The Kier molecular flexibility index (Phi) is 5.25. The maximum Gasteiger partial charge on any atom is 0.230 e. The Bertz CT molecular complexity index is 846. The third-order valence-electron chi connectivity index (χ3n) is 5.98. The molecule has 1 aliphatic heterocycles. The molecule has 1 aromatic carbocycles. The molecular weight excluding hydrogens is 336 g/mol. The molecule has 2 N–H and O–H groups in total. The summed E-state index contributed by atoms with van der Waals surface area (Å²) in [6.07, 6.45) is 6.34. The summed E-state index contributed by atoms with van der Waals surface area (Å²) < 4.78 is 0. The van der Waals surface area contributed by atoms with Crippen LogP contribution in [0, 0.1) is 12.8 Å². The number of rotatable bonds is 3. The SMILES string of the molecule is CCc1ccc2nc(NC3=NCN([C@@H]4CCCC[C@H]4C)CN3)nc(C)c2c1. The Labute approximate surface area is 161 Å². The molecule has 2 aromatic rings. The Morgan fingerprint density at radius 2 is 2.07 bits per heavy atom. The number of guanidine groups is 1. The van der Waals surface area contributed by atoms with Gasteiger partial charge in [0.1, 0.15) is 0 Å². The molecule has 6 nitrogen and oxygen atoms in total. The average molecular weight is 367 g/mol. The van der Waals surface area contributed by atoms with E-state index in [1.54, 1.807) is 0 Å². The summed E-state index contributed by atoms with van der Waals surface area (Å²) in [6, 6.07) is 7.05. The molecule has 0 unspecified atom stereocenters. The fourth-order valence-electron chi connectivity index (χ4n) is 4.30. The highest BCUT2D eigenvalue weighted by Crippen LogP contribution is 2.28. The number of aliphatic imine (C=N–C) groups is 1. The number of aromatic nitrogens is 2. The van der Waals surface area contributed by atoms with Crippen LogP contribution in [-0.4, -0.2) is 40.2 Å². The molecule has 0 amide bonds. The number of aryl methyl sites for hydroxylation is 2. The fraction of sp³-hybridized carbons (Fsp3) is 0.571. The van der Waals surface area contributed by atoms with E-state index >= 15 is 0 Å². The lowest BCUT2D eigenvalue weighted by molar-refractivity contribution is 0.107. The minimum atomic E-state index is 0.606. The van der Waals surface area contributed by atoms with Crippen molar-refractivity contribution in [3.05, 3.63) is 29.5 Å². The van der Waals surface area contributed by atoms with E-state index in [1.165, 1.54) is 31.2 Å². The molecule has 2 aliphatic rings. The topological polar surface area (TPSA) is 65.4 Å². The van der Waals surface area contributed by atoms with E-state index < -0.39 is 0 Å². The number of benzene rings is 1. The summed E-state index contributed by atoms with van der Waals surface area (Å²) in [7, 11) is 0. The highest BCUT2D eigenvalue weighted by Gasteiger charge is 2.28. The molecule has 1 aromatic heterocycles. The first-order valence-corrected chi connectivity index (χ1v) is 10.2. The predicted octanol–water partition coefficient (Wildman–Crippen LogP) is 3.67. The van der Waals surface area contributed by atoms with E-state index in [9.17, 15) is 0 Å². The first kappa shape index (κ1) is 18.2. The first-order valence-electron chi connectivity index (χ1n) is 10.2. The maximum atomic E-state index is 4.69. The molecule has 2 heterocycles. The largest absolute Gasteiger partial charge is 0.343 e. The summed E-state index contributed by atoms with van der Waals surface area (Å²) in [4.78, 5) is 16.5. The van der Waals surface area contributed by atoms with Crippen LogP contribution in [0.3, 0.4) is 0 Å². The second kappa shape index (κ2) is 7.80. The molecule has 0 radical (unpaired) electrons. The lowest BCUT2D eigenvalue weighted by Gasteiger charge is -2.39. The van der Waals surface area contributed by atoms with Gasteiger partial charge in [0.05, 0.1) is 24.5 Å². The van der Waals surface area contributed by atoms with Crippen molar-refractivity contribution in [2.24, 2.45) is 10.9 Å². The van der Waals surface area contributed by atoms with Gasteiger partial charge in [-0.05, 0) is 49.8 Å². The number of hydrogen-bond donors (Lipinski definition) is 2. The van der Waals surface area contributed by atoms with E-state index in [4.69, 9.17) is 4.99 Å². The van der Waals surface area contributed by atoms with Crippen LogP contribution in [0.2, 0.25) is 0 Å². The van der Waals surface area contributed by atoms with Crippen LogP contribution in [-0.2, 0) is 6.42 Å². The molecule has 1 saturated carbocycles. The van der Waals surface area contributed by atoms with Crippen molar-refractivity contribution in [3.63, 3.8) is 0 Å². The van der Waals surface area contributed by atoms with Gasteiger partial charge < -0.3 is 5.32 Å². The average Bonchev–Trinajstić information content (AvgIpc) is 2.69. The van der Waals surface area contributed by atoms with Crippen molar-refractivity contribution in [1.82, 2.24) is 20.2 Å². The highest BCUT2D eigenvalue weighted by atomic mass is 15.4. The van der Waals surface area contributed by atoms with Gasteiger partial charge in [0.25, 0.3) is 0 Å². The molecule has 144 valence electrons. The molecular formula is C21H30N6. The molecule has 27 heavy (non-hydrogen) atoms. The fourth-order valence-corrected chi connectivity index (χ4v) is 4.30. The smallest absolute Gasteiger partial charge is 0.230 e. The van der Waals surface area contributed by atoms with Crippen molar-refractivity contribution in [3.8, 4) is 0 Å². The monoisotopic (exact) mass is 366 g/mol. The number of nitrogens with one attached hydrogen (secondary N) is 2. The minimum Gasteiger partial charge on any atom is -0.343 e. The van der Waals surface area contributed by atoms with Gasteiger partial charge in [0.2, 0.25) is 11.9 Å². The van der Waals surface area contributed by atoms with E-state index in [1.807, 2.05) is 6.92 Å². The van der Waals surface area contributed by atoms with Crippen LogP contribution in [0.5, 0.6) is 0 Å². The number of hydrogen-bond acceptors (Lipinski definition) is 6. The van der Waals surface area contributed by atoms with Gasteiger partial charge >= 0.3 is 0 Å². The van der Waals surface area contributed by atoms with Crippen LogP contribution in [0.1, 0.15) is 50.8 Å². The summed E-state index contributed by atoms with van der Waals surface area (Å²) in [5, 5.41) is 7.79. The Morgan fingerprint density at radius 3 is 2.81 bits per heavy atom. The van der Waals surface area contributed by atoms with Crippen LogP contribution >= 0.6 is 0 Å². The zero-order chi connectivity index (χ0) is 18.8. The number of fused-ring (bicyclic) bond motifs is 1. The second-order valence-corrected chi connectivity index (χ2v) is 7.86. The molecule has 4 rings (SSSR count). The molecule has 0 bridgehead atoms. The van der Waals surface area contributed by atoms with Crippen LogP contribution in [0.25, 0.3) is 10.9 Å². The minimum absolute atomic E-state index is 0.606. The van der Waals surface area contributed by atoms with Crippen molar-refractivity contribution in [2.75, 3.05) is 18.7 Å². The van der Waals surface area contributed by atoms with E-state index in [0.29, 0.717) is 12.0 Å². The zero-order valence-electron chi connectivity index (χ0n) is 16.6. The molecule has 1 aliphatic carbocycles. The van der Waals surface area contributed by atoms with Crippen LogP contribution < -0.4 is 10.6 Å². The Morgan fingerprint density at radius 1 is 1.22 bits per heavy atom. The normalized spacial score (nSPS) is 23.7. The third-order valence-corrected chi connectivity index (χ3v) is 5.98. The van der Waals surface area contributed by atoms with Gasteiger partial charge in [0, 0.05) is 11.4 Å². The van der Waals surface area contributed by atoms with E-state index in [2.05, 4.69) is 57.5 Å². The van der Waals surface area contributed by atoms with Gasteiger partial charge in [0.15, 0.2) is 0 Å². The van der Waals surface area contributed by atoms with Crippen LogP contribution in [0.4, 0.5) is 5.95 Å². The lowest BCUT2D eigenvalue weighted by Crippen LogP contribution is -2.52. The zero-order valence-corrected chi connectivity index (χ0v) is 16.6. The highest BCUT2D eigenvalue weighted by molar-refractivity contribution is 5.93. The molecule has 6 heteroatoms. The third kappa shape index (κ3) is 3.90. The van der Waals surface area contributed by atoms with E-state index in [-0.39, 0.29) is 0 Å². The summed E-state index contributed by atoms with van der Waals surface area (Å²) in [6.45, 7) is 8.13. The quantitative estimate of drug-likeness (QED) is 0.868. The van der Waals surface area contributed by atoms with Crippen molar-refractivity contribution in [1.29, 1.82) is 0 Å². The van der Waals surface area contributed by atoms with E-state index in [0.717, 1.165) is 48.2 Å². The molecule has 1 fully saturated rings. The standard InChI is InChI=1S/C21H30N6/c1-4-16-9-10-18-17(11-16)15(3)24-21(25-18)26-20-22-12-27(13-23-20)19-8-6-5-7-14(19)2/h9-11,14,19H,4-8,12-13H2,1-3H3,(H2,22,23,24,25,26)/t14-,19-/m1/s1. The van der Waals surface area contributed by atoms with Gasteiger partial charge in [-0.15, -0.1) is 0 Å². The Balaban J connectivity index is 1.46. The van der Waals surface area contributed by atoms with Gasteiger partial charge in [-0.2, -0.15) is 0 Å². The van der Waals surface area contributed by atoms with Crippen LogP contribution in [0.15, 0.2) is 23.2 Å². The lowest BCUT2D eigenvalue weighted by atomic mass is 9.85. The number of anilines is 1. The number of nitrogens with zero attached hydrogens (tertiary/aromatic N) is 4. The van der Waals surface area contributed by atoms with Crippen molar-refractivity contribution in [2.45, 2.75) is 58.9 Å². The molecule has 2 atom stereocenters. The van der Waals surface area contributed by atoms with Crippen molar-refractivity contribution < 1.29 is 0 Å². The van der Waals surface area contributed by atoms with Gasteiger partial charge in [-0.3, -0.25) is 10.2 Å². The summed E-state index contributed by atoms with van der Waals surface area (Å²) in [5.41, 5.74) is 3.27. The summed E-state index contributed by atoms with van der Waals surface area (Å²) >= 11 is 0. The van der Waals surface area contributed by atoms with Gasteiger partial charge in [-0.25, -0.2) is 15.0 Å². The maximum absolute atomic E-state index is 4.69. The summed E-state index contributed by atoms with van der Waals surface area (Å²) in [5.74, 6) is 2.12. The van der Waals surface area contributed by atoms with Gasteiger partial charge in [-0.1, -0.05) is 32.8 Å². The first-order chi connectivity index (χ1) is 13.1. The second-order valence-electron chi connectivity index (χ2n) is 7.86.